The molecule has 2 rings (SSSR count). The fraction of sp³-hybridized carbons (Fsp3) is 0.357. The van der Waals surface area contributed by atoms with Crippen LogP contribution in [0.4, 0.5) is 0 Å². The zero-order valence-electron chi connectivity index (χ0n) is 10.7. The van der Waals surface area contributed by atoms with Crippen molar-refractivity contribution in [2.24, 2.45) is 0 Å². The van der Waals surface area contributed by atoms with Gasteiger partial charge in [0, 0.05) is 28.0 Å². The van der Waals surface area contributed by atoms with Crippen LogP contribution in [0, 0.1) is 3.57 Å². The smallest absolute Gasteiger partial charge is 0.0560 e. The van der Waals surface area contributed by atoms with Gasteiger partial charge in [-0.15, -0.1) is 0 Å². The summed E-state index contributed by atoms with van der Waals surface area (Å²) in [5.74, 6) is 0. The molecule has 0 aliphatic carbocycles. The van der Waals surface area contributed by atoms with Gasteiger partial charge in [0.05, 0.1) is 6.54 Å². The van der Waals surface area contributed by atoms with Gasteiger partial charge in [-0.05, 0) is 60.2 Å². The Labute approximate surface area is 122 Å². The second-order valence-corrected chi connectivity index (χ2v) is 5.81. The van der Waals surface area contributed by atoms with E-state index in [0.29, 0.717) is 12.1 Å². The van der Waals surface area contributed by atoms with Crippen molar-refractivity contribution in [1.29, 1.82) is 0 Å². The molecule has 2 atom stereocenters. The van der Waals surface area contributed by atoms with Crippen molar-refractivity contribution in [2.45, 2.75) is 32.5 Å². The first-order chi connectivity index (χ1) is 8.65. The van der Waals surface area contributed by atoms with Crippen molar-refractivity contribution in [3.63, 3.8) is 0 Å². The minimum Gasteiger partial charge on any atom is -0.306 e. The van der Waals surface area contributed by atoms with Crippen LogP contribution >= 0.6 is 22.6 Å². The third-order valence-electron chi connectivity index (χ3n) is 2.92. The standard InChI is InChI=1S/C14H18IN3/c1-11(10-18-9-3-8-16-18)17-12(2)13-4-6-14(15)7-5-13/h3-9,11-12,17H,10H2,1-2H3. The summed E-state index contributed by atoms with van der Waals surface area (Å²) in [4.78, 5) is 0. The van der Waals surface area contributed by atoms with Gasteiger partial charge in [0.1, 0.15) is 0 Å². The van der Waals surface area contributed by atoms with Gasteiger partial charge >= 0.3 is 0 Å². The van der Waals surface area contributed by atoms with Crippen molar-refractivity contribution < 1.29 is 0 Å². The normalized spacial score (nSPS) is 14.4. The van der Waals surface area contributed by atoms with Crippen molar-refractivity contribution in [3.8, 4) is 0 Å². The first kappa shape index (κ1) is 13.5. The molecule has 1 N–H and O–H groups in total. The Bertz CT molecular complexity index is 464. The lowest BCUT2D eigenvalue weighted by Crippen LogP contribution is -2.32. The average molecular weight is 355 g/mol. The second kappa shape index (κ2) is 6.33. The summed E-state index contributed by atoms with van der Waals surface area (Å²) in [5.41, 5.74) is 1.32. The van der Waals surface area contributed by atoms with E-state index >= 15 is 0 Å². The highest BCUT2D eigenvalue weighted by molar-refractivity contribution is 14.1. The molecule has 2 aromatic rings. The third-order valence-corrected chi connectivity index (χ3v) is 3.64. The molecule has 0 amide bonds. The van der Waals surface area contributed by atoms with Gasteiger partial charge < -0.3 is 5.32 Å². The molecule has 18 heavy (non-hydrogen) atoms. The number of halogens is 1. The Hall–Kier alpha value is -0.880. The van der Waals surface area contributed by atoms with E-state index in [1.165, 1.54) is 9.13 Å². The van der Waals surface area contributed by atoms with Crippen LogP contribution in [0.1, 0.15) is 25.5 Å². The molecule has 0 aliphatic rings. The topological polar surface area (TPSA) is 29.9 Å². The SMILES string of the molecule is CC(Cn1cccn1)NC(C)c1ccc(I)cc1. The molecular weight excluding hydrogens is 337 g/mol. The Morgan fingerprint density at radius 3 is 2.61 bits per heavy atom. The minimum absolute atomic E-state index is 0.354. The zero-order chi connectivity index (χ0) is 13.0. The summed E-state index contributed by atoms with van der Waals surface area (Å²) in [6.45, 7) is 5.27. The van der Waals surface area contributed by atoms with Crippen molar-refractivity contribution in [1.82, 2.24) is 15.1 Å². The van der Waals surface area contributed by atoms with E-state index in [1.807, 2.05) is 23.1 Å². The van der Waals surface area contributed by atoms with Crippen LogP contribution in [0.5, 0.6) is 0 Å². The molecule has 1 aromatic carbocycles. The third kappa shape index (κ3) is 3.81. The lowest BCUT2D eigenvalue weighted by atomic mass is 10.1. The number of benzene rings is 1. The van der Waals surface area contributed by atoms with Crippen LogP contribution in [0.25, 0.3) is 0 Å². The number of rotatable bonds is 5. The quantitative estimate of drug-likeness (QED) is 0.835. The second-order valence-electron chi connectivity index (χ2n) is 4.57. The van der Waals surface area contributed by atoms with Crippen molar-refractivity contribution in [2.75, 3.05) is 0 Å². The largest absolute Gasteiger partial charge is 0.306 e. The Morgan fingerprint density at radius 1 is 1.28 bits per heavy atom. The first-order valence-electron chi connectivity index (χ1n) is 6.14. The highest BCUT2D eigenvalue weighted by Gasteiger charge is 2.09. The number of hydrogen-bond acceptors (Lipinski definition) is 2. The molecule has 0 aliphatic heterocycles. The molecule has 4 heteroatoms. The number of aromatic nitrogens is 2. The zero-order valence-corrected chi connectivity index (χ0v) is 12.8. The van der Waals surface area contributed by atoms with Crippen molar-refractivity contribution in [3.05, 3.63) is 51.9 Å². The maximum atomic E-state index is 4.22. The number of nitrogens with one attached hydrogen (secondary N) is 1. The Balaban J connectivity index is 1.90. The molecule has 0 bridgehead atoms. The lowest BCUT2D eigenvalue weighted by molar-refractivity contribution is 0.413. The fourth-order valence-corrected chi connectivity index (χ4v) is 2.38. The summed E-state index contributed by atoms with van der Waals surface area (Å²) in [6.07, 6.45) is 3.81. The summed E-state index contributed by atoms with van der Waals surface area (Å²) in [7, 11) is 0. The van der Waals surface area contributed by atoms with E-state index < -0.39 is 0 Å². The van der Waals surface area contributed by atoms with Gasteiger partial charge in [0.15, 0.2) is 0 Å². The molecule has 3 nitrogen and oxygen atoms in total. The molecule has 96 valence electrons. The molecule has 0 saturated heterocycles. The van der Waals surface area contributed by atoms with E-state index in [9.17, 15) is 0 Å². The summed E-state index contributed by atoms with van der Waals surface area (Å²) in [5, 5.41) is 7.81. The predicted octanol–water partition coefficient (Wildman–Crippen LogP) is 3.23. The molecule has 0 radical (unpaired) electrons. The maximum absolute atomic E-state index is 4.22. The van der Waals surface area contributed by atoms with E-state index in [-0.39, 0.29) is 0 Å². The van der Waals surface area contributed by atoms with Crippen LogP contribution in [0.15, 0.2) is 42.7 Å². The van der Waals surface area contributed by atoms with Crippen LogP contribution < -0.4 is 5.32 Å². The molecule has 0 saturated carbocycles. The highest BCUT2D eigenvalue weighted by Crippen LogP contribution is 2.15. The summed E-state index contributed by atoms with van der Waals surface area (Å²) >= 11 is 2.33. The van der Waals surface area contributed by atoms with E-state index in [0.717, 1.165) is 6.54 Å². The maximum Gasteiger partial charge on any atom is 0.0560 e. The van der Waals surface area contributed by atoms with Gasteiger partial charge in [0.25, 0.3) is 0 Å². The van der Waals surface area contributed by atoms with Crippen molar-refractivity contribution >= 4 is 22.6 Å². The Morgan fingerprint density at radius 2 is 2.00 bits per heavy atom. The molecule has 0 spiro atoms. The van der Waals surface area contributed by atoms with E-state index in [4.69, 9.17) is 0 Å². The van der Waals surface area contributed by atoms with Crippen LogP contribution in [-0.2, 0) is 6.54 Å². The summed E-state index contributed by atoms with van der Waals surface area (Å²) < 4.78 is 3.23. The molecule has 0 fully saturated rings. The predicted molar refractivity (Wildman–Crippen MR) is 82.4 cm³/mol. The number of nitrogens with zero attached hydrogens (tertiary/aromatic N) is 2. The number of hydrogen-bond donors (Lipinski definition) is 1. The lowest BCUT2D eigenvalue weighted by Gasteiger charge is -2.20. The Kier molecular flexibility index (Phi) is 4.77. The molecule has 2 unspecified atom stereocenters. The van der Waals surface area contributed by atoms with Gasteiger partial charge in [-0.3, -0.25) is 4.68 Å². The first-order valence-corrected chi connectivity index (χ1v) is 7.22. The highest BCUT2D eigenvalue weighted by atomic mass is 127. The van der Waals surface area contributed by atoms with Gasteiger partial charge in [-0.1, -0.05) is 12.1 Å². The minimum atomic E-state index is 0.354. The van der Waals surface area contributed by atoms with Crippen LogP contribution in [0.2, 0.25) is 0 Å². The molecule has 1 aromatic heterocycles. The van der Waals surface area contributed by atoms with Crippen LogP contribution in [0.3, 0.4) is 0 Å². The summed E-state index contributed by atoms with van der Waals surface area (Å²) in [6, 6.07) is 11.3. The van der Waals surface area contributed by atoms with Gasteiger partial charge in [-0.25, -0.2) is 0 Å². The van der Waals surface area contributed by atoms with Gasteiger partial charge in [-0.2, -0.15) is 5.10 Å². The molecule has 1 heterocycles. The molecular formula is C14H18IN3. The van der Waals surface area contributed by atoms with Crippen LogP contribution in [-0.4, -0.2) is 15.8 Å². The average Bonchev–Trinajstić information content (AvgIpc) is 2.82. The fourth-order valence-electron chi connectivity index (χ4n) is 2.02. The van der Waals surface area contributed by atoms with E-state index in [2.05, 4.69) is 71.1 Å². The monoisotopic (exact) mass is 355 g/mol. The van der Waals surface area contributed by atoms with Gasteiger partial charge in [0.2, 0.25) is 0 Å². The van der Waals surface area contributed by atoms with E-state index in [1.54, 1.807) is 0 Å².